The van der Waals surface area contributed by atoms with Crippen LogP contribution in [0.1, 0.15) is 24.6 Å². The molecule has 1 aliphatic heterocycles. The van der Waals surface area contributed by atoms with Crippen LogP contribution in [0.4, 0.5) is 0 Å². The van der Waals surface area contributed by atoms with Crippen molar-refractivity contribution in [2.75, 3.05) is 13.2 Å². The van der Waals surface area contributed by atoms with Gasteiger partial charge in [0.05, 0.1) is 12.6 Å². The monoisotopic (exact) mass is 289 g/mol. The van der Waals surface area contributed by atoms with E-state index in [4.69, 9.17) is 0 Å². The summed E-state index contributed by atoms with van der Waals surface area (Å²) in [5, 5.41) is 9.44. The van der Waals surface area contributed by atoms with Gasteiger partial charge in [0, 0.05) is 11.4 Å². The highest BCUT2D eigenvalue weighted by Gasteiger charge is 2.37. The summed E-state index contributed by atoms with van der Waals surface area (Å²) >= 11 is 1.29. The highest BCUT2D eigenvalue weighted by atomic mass is 32.2. The molecular formula is C12H19NO3S2. The first-order valence-corrected chi connectivity index (χ1v) is 8.41. The summed E-state index contributed by atoms with van der Waals surface area (Å²) in [5.74, 6) is 0.208. The maximum atomic E-state index is 12.5. The molecule has 0 amide bonds. The molecule has 102 valence electrons. The Labute approximate surface area is 112 Å². The molecule has 0 aromatic carbocycles. The quantitative estimate of drug-likeness (QED) is 0.923. The zero-order valence-electron chi connectivity index (χ0n) is 10.7. The standard InChI is InChI=1S/C12H19NO3S2/c1-9-4-3-7-13(11(9)8-14)18(15,16)12-6-5-10(2)17-12/h5-6,9,11,14H,3-4,7-8H2,1-2H3. The third-order valence-corrected chi connectivity index (χ3v) is 6.92. The van der Waals surface area contributed by atoms with Gasteiger partial charge >= 0.3 is 0 Å². The van der Waals surface area contributed by atoms with E-state index in [1.807, 2.05) is 19.9 Å². The van der Waals surface area contributed by atoms with Crippen LogP contribution >= 0.6 is 11.3 Å². The van der Waals surface area contributed by atoms with Crippen molar-refractivity contribution in [2.45, 2.75) is 36.9 Å². The van der Waals surface area contributed by atoms with Crippen LogP contribution in [0.15, 0.2) is 16.3 Å². The highest BCUT2D eigenvalue weighted by molar-refractivity contribution is 7.91. The van der Waals surface area contributed by atoms with Gasteiger partial charge in [-0.05, 0) is 37.8 Å². The topological polar surface area (TPSA) is 57.6 Å². The molecule has 1 aromatic rings. The molecule has 0 bridgehead atoms. The third kappa shape index (κ3) is 2.47. The molecular weight excluding hydrogens is 270 g/mol. The minimum Gasteiger partial charge on any atom is -0.395 e. The average Bonchev–Trinajstić information content (AvgIpc) is 2.76. The van der Waals surface area contributed by atoms with E-state index >= 15 is 0 Å². The lowest BCUT2D eigenvalue weighted by Gasteiger charge is -2.37. The summed E-state index contributed by atoms with van der Waals surface area (Å²) in [6.07, 6.45) is 1.84. The van der Waals surface area contributed by atoms with E-state index in [0.717, 1.165) is 17.7 Å². The molecule has 1 aliphatic rings. The number of aliphatic hydroxyl groups excluding tert-OH is 1. The fraction of sp³-hybridized carbons (Fsp3) is 0.667. The number of hydrogen-bond acceptors (Lipinski definition) is 4. The number of nitrogens with zero attached hydrogens (tertiary/aromatic N) is 1. The number of aliphatic hydroxyl groups is 1. The minimum atomic E-state index is -3.44. The first-order chi connectivity index (χ1) is 8.46. The largest absolute Gasteiger partial charge is 0.395 e. The predicted octanol–water partition coefficient (Wildman–Crippen LogP) is 1.84. The fourth-order valence-electron chi connectivity index (χ4n) is 2.45. The Morgan fingerprint density at radius 1 is 1.50 bits per heavy atom. The second kappa shape index (κ2) is 5.28. The van der Waals surface area contributed by atoms with E-state index in [-0.39, 0.29) is 18.6 Å². The van der Waals surface area contributed by atoms with Gasteiger partial charge in [0.2, 0.25) is 0 Å². The SMILES string of the molecule is Cc1ccc(S(=O)(=O)N2CCCC(C)C2CO)s1. The van der Waals surface area contributed by atoms with Crippen molar-refractivity contribution >= 4 is 21.4 Å². The summed E-state index contributed by atoms with van der Waals surface area (Å²) < 4.78 is 26.9. The Morgan fingerprint density at radius 2 is 2.22 bits per heavy atom. The zero-order chi connectivity index (χ0) is 13.3. The lowest BCUT2D eigenvalue weighted by Crippen LogP contribution is -2.49. The molecule has 0 aliphatic carbocycles. The van der Waals surface area contributed by atoms with E-state index < -0.39 is 10.0 Å². The van der Waals surface area contributed by atoms with Gasteiger partial charge in [0.1, 0.15) is 4.21 Å². The minimum absolute atomic E-state index is 0.106. The van der Waals surface area contributed by atoms with Crippen LogP contribution in [-0.4, -0.2) is 37.0 Å². The first kappa shape index (κ1) is 14.0. The molecule has 2 heterocycles. The molecule has 6 heteroatoms. The second-order valence-electron chi connectivity index (χ2n) is 4.85. The van der Waals surface area contributed by atoms with Crippen LogP contribution in [0.3, 0.4) is 0 Å². The van der Waals surface area contributed by atoms with Crippen LogP contribution in [0.2, 0.25) is 0 Å². The van der Waals surface area contributed by atoms with Crippen LogP contribution in [0.25, 0.3) is 0 Å². The first-order valence-electron chi connectivity index (χ1n) is 6.16. The molecule has 0 radical (unpaired) electrons. The molecule has 18 heavy (non-hydrogen) atoms. The van der Waals surface area contributed by atoms with Gasteiger partial charge in [-0.3, -0.25) is 0 Å². The van der Waals surface area contributed by atoms with Crippen molar-refractivity contribution in [3.05, 3.63) is 17.0 Å². The van der Waals surface area contributed by atoms with Crippen molar-refractivity contribution in [1.82, 2.24) is 4.31 Å². The van der Waals surface area contributed by atoms with Crippen LogP contribution in [-0.2, 0) is 10.0 Å². The van der Waals surface area contributed by atoms with Crippen molar-refractivity contribution in [3.63, 3.8) is 0 Å². The summed E-state index contributed by atoms with van der Waals surface area (Å²) in [6.45, 7) is 4.30. The number of rotatable bonds is 3. The zero-order valence-corrected chi connectivity index (χ0v) is 12.3. The Balaban J connectivity index is 2.34. The smallest absolute Gasteiger partial charge is 0.252 e. The van der Waals surface area contributed by atoms with Gasteiger partial charge in [-0.1, -0.05) is 6.92 Å². The van der Waals surface area contributed by atoms with E-state index in [9.17, 15) is 13.5 Å². The van der Waals surface area contributed by atoms with Gasteiger partial charge < -0.3 is 5.11 Å². The predicted molar refractivity (Wildman–Crippen MR) is 72.2 cm³/mol. The molecule has 1 fully saturated rings. The summed E-state index contributed by atoms with van der Waals surface area (Å²) in [5.41, 5.74) is 0. The summed E-state index contributed by atoms with van der Waals surface area (Å²) in [7, 11) is -3.44. The van der Waals surface area contributed by atoms with Crippen molar-refractivity contribution < 1.29 is 13.5 Å². The number of hydrogen-bond donors (Lipinski definition) is 1. The van der Waals surface area contributed by atoms with Crippen LogP contribution in [0.5, 0.6) is 0 Å². The normalized spacial score (nSPS) is 26.4. The van der Waals surface area contributed by atoms with Gasteiger partial charge in [-0.15, -0.1) is 11.3 Å². The Morgan fingerprint density at radius 3 is 2.78 bits per heavy atom. The van der Waals surface area contributed by atoms with E-state index in [2.05, 4.69) is 0 Å². The van der Waals surface area contributed by atoms with Gasteiger partial charge in [-0.2, -0.15) is 4.31 Å². The molecule has 2 rings (SSSR count). The average molecular weight is 289 g/mol. The number of piperidine rings is 1. The molecule has 0 saturated carbocycles. The molecule has 1 aromatic heterocycles. The van der Waals surface area contributed by atoms with E-state index in [1.54, 1.807) is 6.07 Å². The number of aryl methyl sites for hydroxylation is 1. The van der Waals surface area contributed by atoms with E-state index in [1.165, 1.54) is 15.6 Å². The third-order valence-electron chi connectivity index (χ3n) is 3.53. The summed E-state index contributed by atoms with van der Waals surface area (Å²) in [4.78, 5) is 0.985. The lowest BCUT2D eigenvalue weighted by molar-refractivity contribution is 0.113. The van der Waals surface area contributed by atoms with Crippen molar-refractivity contribution in [3.8, 4) is 0 Å². The fourth-order valence-corrected chi connectivity index (χ4v) is 5.61. The molecule has 4 nitrogen and oxygen atoms in total. The number of sulfonamides is 1. The maximum Gasteiger partial charge on any atom is 0.252 e. The maximum absolute atomic E-state index is 12.5. The Bertz CT molecular complexity index is 509. The van der Waals surface area contributed by atoms with Crippen LogP contribution < -0.4 is 0 Å². The van der Waals surface area contributed by atoms with Gasteiger partial charge in [0.15, 0.2) is 0 Å². The Hall–Kier alpha value is -0.430. The lowest BCUT2D eigenvalue weighted by atomic mass is 9.93. The Kier molecular flexibility index (Phi) is 4.11. The molecule has 1 N–H and O–H groups in total. The van der Waals surface area contributed by atoms with Crippen molar-refractivity contribution in [2.24, 2.45) is 5.92 Å². The molecule has 1 saturated heterocycles. The van der Waals surface area contributed by atoms with Crippen molar-refractivity contribution in [1.29, 1.82) is 0 Å². The molecule has 0 spiro atoms. The van der Waals surface area contributed by atoms with Gasteiger partial charge in [-0.25, -0.2) is 8.42 Å². The van der Waals surface area contributed by atoms with E-state index in [0.29, 0.717) is 10.8 Å². The highest BCUT2D eigenvalue weighted by Crippen LogP contribution is 2.31. The molecule has 2 atom stereocenters. The van der Waals surface area contributed by atoms with Crippen LogP contribution in [0, 0.1) is 12.8 Å². The second-order valence-corrected chi connectivity index (χ2v) is 8.26. The number of thiophene rings is 1. The van der Waals surface area contributed by atoms with Gasteiger partial charge in [0.25, 0.3) is 10.0 Å². The molecule has 2 unspecified atom stereocenters. The summed E-state index contributed by atoms with van der Waals surface area (Å²) in [6, 6.07) is 3.19.